The normalized spacial score (nSPS) is 23.6. The summed E-state index contributed by atoms with van der Waals surface area (Å²) in [6, 6.07) is 0.285. The van der Waals surface area contributed by atoms with Gasteiger partial charge in [0, 0.05) is 18.8 Å². The molecule has 1 fully saturated rings. The Labute approximate surface area is 151 Å². The molecular weight excluding hydrogens is 417 g/mol. The number of hydrogen-bond donors (Lipinski definition) is 3. The molecule has 0 spiro atoms. The molecule has 0 aromatic heterocycles. The molecule has 0 amide bonds. The van der Waals surface area contributed by atoms with Crippen LogP contribution >= 0.6 is 24.0 Å². The third kappa shape index (κ3) is 6.99. The molecule has 1 aliphatic carbocycles. The van der Waals surface area contributed by atoms with Gasteiger partial charge in [-0.15, -0.1) is 24.0 Å². The Kier molecular flexibility index (Phi) is 9.23. The van der Waals surface area contributed by atoms with Crippen molar-refractivity contribution in [3.8, 4) is 0 Å². The molecule has 0 radical (unpaired) electrons. The van der Waals surface area contributed by atoms with E-state index in [9.17, 15) is 13.5 Å². The molecule has 0 bridgehead atoms. The first-order valence-electron chi connectivity index (χ1n) is 7.58. The molecule has 3 N–H and O–H groups in total. The van der Waals surface area contributed by atoms with Gasteiger partial charge in [0.15, 0.2) is 15.8 Å². The second-order valence-corrected chi connectivity index (χ2v) is 9.03. The van der Waals surface area contributed by atoms with Gasteiger partial charge in [0.25, 0.3) is 0 Å². The van der Waals surface area contributed by atoms with Crippen LogP contribution in [-0.2, 0) is 9.84 Å². The standard InChI is InChI=1S/C14H29N3O3S.HI/c1-5-15-13(16-10-14(2,3)21(4,19)20)17-11-6-8-12(18)9-7-11;/h11-12,18H,5-10H2,1-4H3,(H2,15,16,17);1H. The minimum absolute atomic E-state index is 0. The number of rotatable bonds is 5. The summed E-state index contributed by atoms with van der Waals surface area (Å²) >= 11 is 0. The molecule has 1 rings (SSSR count). The van der Waals surface area contributed by atoms with Crippen molar-refractivity contribution in [1.82, 2.24) is 10.6 Å². The summed E-state index contributed by atoms with van der Waals surface area (Å²) in [5, 5.41) is 16.0. The Morgan fingerprint density at radius 1 is 1.27 bits per heavy atom. The molecule has 8 heteroatoms. The lowest BCUT2D eigenvalue weighted by molar-refractivity contribution is 0.120. The van der Waals surface area contributed by atoms with Crippen LogP contribution in [0.15, 0.2) is 4.99 Å². The first kappa shape index (κ1) is 21.9. The lowest BCUT2D eigenvalue weighted by atomic mass is 9.93. The van der Waals surface area contributed by atoms with Crippen molar-refractivity contribution in [3.05, 3.63) is 0 Å². The lowest BCUT2D eigenvalue weighted by Gasteiger charge is -2.28. The van der Waals surface area contributed by atoms with Crippen molar-refractivity contribution >= 4 is 39.8 Å². The van der Waals surface area contributed by atoms with Crippen LogP contribution < -0.4 is 10.6 Å². The minimum atomic E-state index is -3.15. The van der Waals surface area contributed by atoms with Gasteiger partial charge in [0.2, 0.25) is 0 Å². The molecule has 0 atom stereocenters. The predicted molar refractivity (Wildman–Crippen MR) is 102 cm³/mol. The van der Waals surface area contributed by atoms with Crippen LogP contribution in [0, 0.1) is 0 Å². The fourth-order valence-corrected chi connectivity index (χ4v) is 2.42. The topological polar surface area (TPSA) is 90.8 Å². The van der Waals surface area contributed by atoms with Crippen molar-refractivity contribution in [3.63, 3.8) is 0 Å². The van der Waals surface area contributed by atoms with Crippen molar-refractivity contribution in [2.45, 2.75) is 63.3 Å². The maximum Gasteiger partial charge on any atom is 0.191 e. The zero-order valence-corrected chi connectivity index (χ0v) is 17.1. The van der Waals surface area contributed by atoms with E-state index < -0.39 is 14.6 Å². The molecule has 132 valence electrons. The van der Waals surface area contributed by atoms with Crippen LogP contribution in [0.25, 0.3) is 0 Å². The summed E-state index contributed by atoms with van der Waals surface area (Å²) in [6.07, 6.45) is 4.46. The largest absolute Gasteiger partial charge is 0.393 e. The highest BCUT2D eigenvalue weighted by Gasteiger charge is 2.30. The number of hydrogen-bond acceptors (Lipinski definition) is 4. The maximum absolute atomic E-state index is 11.7. The highest BCUT2D eigenvalue weighted by atomic mass is 127. The Morgan fingerprint density at radius 2 is 1.82 bits per heavy atom. The monoisotopic (exact) mass is 447 g/mol. The zero-order chi connectivity index (χ0) is 16.1. The van der Waals surface area contributed by atoms with E-state index in [0.29, 0.717) is 5.96 Å². The van der Waals surface area contributed by atoms with Crippen LogP contribution in [0.5, 0.6) is 0 Å². The van der Waals surface area contributed by atoms with Gasteiger partial charge >= 0.3 is 0 Å². The van der Waals surface area contributed by atoms with E-state index in [2.05, 4.69) is 15.6 Å². The molecular formula is C14H30IN3O3S. The van der Waals surface area contributed by atoms with E-state index in [-0.39, 0.29) is 42.7 Å². The number of nitrogens with one attached hydrogen (secondary N) is 2. The van der Waals surface area contributed by atoms with E-state index in [0.717, 1.165) is 32.2 Å². The second kappa shape index (κ2) is 9.27. The van der Waals surface area contributed by atoms with Gasteiger partial charge in [-0.2, -0.15) is 0 Å². The van der Waals surface area contributed by atoms with Gasteiger partial charge in [-0.25, -0.2) is 8.42 Å². The Hall–Kier alpha value is -0.0900. The highest BCUT2D eigenvalue weighted by molar-refractivity contribution is 14.0. The molecule has 0 saturated heterocycles. The Morgan fingerprint density at radius 3 is 2.27 bits per heavy atom. The fourth-order valence-electron chi connectivity index (χ4n) is 2.12. The minimum Gasteiger partial charge on any atom is -0.393 e. The Balaban J connectivity index is 0.00000441. The summed E-state index contributed by atoms with van der Waals surface area (Å²) in [5.41, 5.74) is 0. The molecule has 6 nitrogen and oxygen atoms in total. The smallest absolute Gasteiger partial charge is 0.191 e. The highest BCUT2D eigenvalue weighted by Crippen LogP contribution is 2.18. The average molecular weight is 447 g/mol. The van der Waals surface area contributed by atoms with Gasteiger partial charge in [-0.1, -0.05) is 0 Å². The van der Waals surface area contributed by atoms with Crippen molar-refractivity contribution in [2.75, 3.05) is 19.3 Å². The summed E-state index contributed by atoms with van der Waals surface area (Å²) < 4.78 is 22.5. The fraction of sp³-hybridized carbons (Fsp3) is 0.929. The van der Waals surface area contributed by atoms with Crippen molar-refractivity contribution in [2.24, 2.45) is 4.99 Å². The molecule has 1 aliphatic rings. The number of guanidine groups is 1. The lowest BCUT2D eigenvalue weighted by Crippen LogP contribution is -2.46. The van der Waals surface area contributed by atoms with Crippen LogP contribution in [0.4, 0.5) is 0 Å². The van der Waals surface area contributed by atoms with Crippen LogP contribution in [0.2, 0.25) is 0 Å². The summed E-state index contributed by atoms with van der Waals surface area (Å²) in [5.74, 6) is 0.649. The van der Waals surface area contributed by atoms with E-state index in [1.165, 1.54) is 6.26 Å². The SMILES string of the molecule is CCNC(=NCC(C)(C)S(C)(=O)=O)NC1CCC(O)CC1.I. The zero-order valence-electron chi connectivity index (χ0n) is 13.9. The van der Waals surface area contributed by atoms with E-state index >= 15 is 0 Å². The van der Waals surface area contributed by atoms with Gasteiger partial charge in [0.1, 0.15) is 0 Å². The molecule has 0 heterocycles. The van der Waals surface area contributed by atoms with Crippen molar-refractivity contribution < 1.29 is 13.5 Å². The van der Waals surface area contributed by atoms with Crippen LogP contribution in [-0.4, -0.2) is 55.7 Å². The van der Waals surface area contributed by atoms with Gasteiger partial charge < -0.3 is 15.7 Å². The number of aliphatic hydroxyl groups excluding tert-OH is 1. The first-order chi connectivity index (χ1) is 9.65. The summed E-state index contributed by atoms with van der Waals surface area (Å²) in [7, 11) is -3.15. The summed E-state index contributed by atoms with van der Waals surface area (Å²) in [6.45, 7) is 6.29. The van der Waals surface area contributed by atoms with E-state index in [1.54, 1.807) is 13.8 Å². The number of sulfone groups is 1. The molecule has 0 aliphatic heterocycles. The van der Waals surface area contributed by atoms with Gasteiger partial charge in [-0.05, 0) is 46.5 Å². The molecule has 22 heavy (non-hydrogen) atoms. The third-order valence-electron chi connectivity index (χ3n) is 4.00. The average Bonchev–Trinajstić information content (AvgIpc) is 2.37. The van der Waals surface area contributed by atoms with E-state index in [4.69, 9.17) is 0 Å². The molecule has 0 aromatic carbocycles. The van der Waals surface area contributed by atoms with Crippen molar-refractivity contribution in [1.29, 1.82) is 0 Å². The molecule has 1 saturated carbocycles. The van der Waals surface area contributed by atoms with Crippen LogP contribution in [0.1, 0.15) is 46.5 Å². The number of aliphatic hydroxyl groups is 1. The Bertz CT molecular complexity index is 458. The third-order valence-corrected chi connectivity index (χ3v) is 6.14. The molecule has 0 aromatic rings. The van der Waals surface area contributed by atoms with Gasteiger partial charge in [-0.3, -0.25) is 4.99 Å². The predicted octanol–water partition coefficient (Wildman–Crippen LogP) is 1.29. The number of nitrogens with zero attached hydrogens (tertiary/aromatic N) is 1. The van der Waals surface area contributed by atoms with Gasteiger partial charge in [0.05, 0.1) is 17.4 Å². The number of halogens is 1. The van der Waals surface area contributed by atoms with Crippen LogP contribution in [0.3, 0.4) is 0 Å². The molecule has 0 unspecified atom stereocenters. The number of aliphatic imine (C=N–C) groups is 1. The maximum atomic E-state index is 11.7. The second-order valence-electron chi connectivity index (χ2n) is 6.38. The summed E-state index contributed by atoms with van der Waals surface area (Å²) in [4.78, 5) is 4.42. The van der Waals surface area contributed by atoms with E-state index in [1.807, 2.05) is 6.92 Å². The first-order valence-corrected chi connectivity index (χ1v) is 9.47. The quantitative estimate of drug-likeness (QED) is 0.336.